The van der Waals surface area contributed by atoms with Crippen molar-refractivity contribution in [1.29, 1.82) is 0 Å². The van der Waals surface area contributed by atoms with Gasteiger partial charge in [-0.1, -0.05) is 30.3 Å². The highest BCUT2D eigenvalue weighted by Crippen LogP contribution is 2.30. The van der Waals surface area contributed by atoms with Crippen LogP contribution in [0.15, 0.2) is 65.2 Å². The molecule has 1 N–H and O–H groups in total. The van der Waals surface area contributed by atoms with Crippen LogP contribution in [-0.2, 0) is 18.4 Å². The maximum Gasteiger partial charge on any atom is 0.289 e. The molecule has 7 nitrogen and oxygen atoms in total. The third-order valence-corrected chi connectivity index (χ3v) is 5.40. The van der Waals surface area contributed by atoms with Gasteiger partial charge in [-0.05, 0) is 24.3 Å². The van der Waals surface area contributed by atoms with Gasteiger partial charge in [0.2, 0.25) is 5.91 Å². The van der Waals surface area contributed by atoms with Crippen molar-refractivity contribution in [2.45, 2.75) is 12.5 Å². The lowest BCUT2D eigenvalue weighted by molar-refractivity contribution is -0.118. The van der Waals surface area contributed by atoms with Crippen molar-refractivity contribution >= 4 is 28.5 Å². The van der Waals surface area contributed by atoms with Gasteiger partial charge in [-0.2, -0.15) is 5.10 Å². The molecule has 0 fully saturated rings. The molecule has 2 amide bonds. The van der Waals surface area contributed by atoms with Gasteiger partial charge in [-0.3, -0.25) is 14.3 Å². The number of hydrogen-bond acceptors (Lipinski definition) is 4. The average Bonchev–Trinajstić information content (AvgIpc) is 3.36. The topological polar surface area (TPSA) is 80.4 Å². The minimum absolute atomic E-state index is 0.0886. The predicted molar refractivity (Wildman–Crippen MR) is 112 cm³/mol. The highest BCUT2D eigenvalue weighted by atomic mass is 19.1. The van der Waals surface area contributed by atoms with E-state index in [-0.39, 0.29) is 23.9 Å². The maximum atomic E-state index is 14.0. The number of rotatable bonds is 3. The second-order valence-electron chi connectivity index (χ2n) is 7.57. The van der Waals surface area contributed by atoms with Gasteiger partial charge in [0.05, 0.1) is 11.4 Å². The molecule has 0 aliphatic carbocycles. The number of halogens is 1. The van der Waals surface area contributed by atoms with Crippen LogP contribution in [0.25, 0.3) is 11.0 Å². The molecule has 156 valence electrons. The quantitative estimate of drug-likeness (QED) is 0.550. The minimum atomic E-state index is -0.738. The van der Waals surface area contributed by atoms with Crippen molar-refractivity contribution in [3.63, 3.8) is 0 Å². The zero-order valence-electron chi connectivity index (χ0n) is 16.7. The molecule has 0 saturated carbocycles. The Bertz CT molecular complexity index is 1280. The van der Waals surface area contributed by atoms with Crippen LogP contribution in [0.1, 0.15) is 27.7 Å². The standard InChI is InChI=1S/C23H19FN4O3/c1-27-11-15-12-28(23(30)20-10-14-6-2-5-9-19(14)31-20)13-16(21(15)26-27)22(29)25-18-8-4-3-7-17(18)24/h2-11,16H,12-13H2,1H3,(H,25,29)/t16-/m0/s1. The number of carbonyl (C=O) groups excluding carboxylic acids is 2. The number of carbonyl (C=O) groups is 2. The smallest absolute Gasteiger partial charge is 0.289 e. The fourth-order valence-electron chi connectivity index (χ4n) is 3.93. The van der Waals surface area contributed by atoms with Crippen LogP contribution in [0.5, 0.6) is 0 Å². The van der Waals surface area contributed by atoms with Crippen LogP contribution in [0.2, 0.25) is 0 Å². The summed E-state index contributed by atoms with van der Waals surface area (Å²) in [5.41, 5.74) is 2.07. The number of anilines is 1. The zero-order valence-corrected chi connectivity index (χ0v) is 16.7. The summed E-state index contributed by atoms with van der Waals surface area (Å²) in [5.74, 6) is -1.79. The van der Waals surface area contributed by atoms with Crippen LogP contribution in [-0.4, -0.2) is 33.0 Å². The third kappa shape index (κ3) is 3.46. The first kappa shape index (κ1) is 19.0. The van der Waals surface area contributed by atoms with Crippen molar-refractivity contribution in [3.8, 4) is 0 Å². The van der Waals surface area contributed by atoms with Gasteiger partial charge in [0.1, 0.15) is 17.3 Å². The van der Waals surface area contributed by atoms with Crippen molar-refractivity contribution in [2.24, 2.45) is 7.05 Å². The summed E-state index contributed by atoms with van der Waals surface area (Å²) < 4.78 is 21.4. The van der Waals surface area contributed by atoms with E-state index in [0.717, 1.165) is 10.9 Å². The Hall–Kier alpha value is -3.94. The lowest BCUT2D eigenvalue weighted by Crippen LogP contribution is -2.42. The van der Waals surface area contributed by atoms with Gasteiger partial charge in [0.15, 0.2) is 5.76 Å². The largest absolute Gasteiger partial charge is 0.451 e. The molecule has 0 saturated heterocycles. The van der Waals surface area contributed by atoms with Gasteiger partial charge >= 0.3 is 0 Å². The molecular formula is C23H19FN4O3. The molecule has 0 spiro atoms. The molecule has 0 bridgehead atoms. The van der Waals surface area contributed by atoms with Crippen molar-refractivity contribution in [3.05, 3.63) is 83.6 Å². The predicted octanol–water partition coefficient (Wildman–Crippen LogP) is 3.68. The van der Waals surface area contributed by atoms with Gasteiger partial charge in [-0.25, -0.2) is 4.39 Å². The molecule has 0 unspecified atom stereocenters. The van der Waals surface area contributed by atoms with Gasteiger partial charge in [0, 0.05) is 37.3 Å². The number of benzene rings is 2. The Labute approximate surface area is 177 Å². The SMILES string of the molecule is Cn1cc2c(n1)[C@@H](C(=O)Nc1ccccc1F)CN(C(=O)c1cc3ccccc3o1)C2. The summed E-state index contributed by atoms with van der Waals surface area (Å²) in [5, 5.41) is 7.88. The molecule has 1 aliphatic rings. The van der Waals surface area contributed by atoms with E-state index in [1.165, 1.54) is 12.1 Å². The fourth-order valence-corrected chi connectivity index (χ4v) is 3.93. The summed E-state index contributed by atoms with van der Waals surface area (Å²) >= 11 is 0. The van der Waals surface area contributed by atoms with E-state index in [1.54, 1.807) is 47.1 Å². The van der Waals surface area contributed by atoms with Crippen molar-refractivity contribution < 1.29 is 18.4 Å². The Balaban J connectivity index is 1.45. The van der Waals surface area contributed by atoms with Crippen LogP contribution in [0, 0.1) is 5.82 Å². The van der Waals surface area contributed by atoms with Crippen LogP contribution >= 0.6 is 0 Å². The number of furan rings is 1. The van der Waals surface area contributed by atoms with Crippen molar-refractivity contribution in [1.82, 2.24) is 14.7 Å². The van der Waals surface area contributed by atoms with Gasteiger partial charge < -0.3 is 14.6 Å². The summed E-state index contributed by atoms with van der Waals surface area (Å²) in [6.07, 6.45) is 1.79. The van der Waals surface area contributed by atoms with E-state index < -0.39 is 17.6 Å². The first-order chi connectivity index (χ1) is 15.0. The number of amides is 2. The van der Waals surface area contributed by atoms with E-state index in [2.05, 4.69) is 10.4 Å². The number of para-hydroxylation sites is 2. The number of fused-ring (bicyclic) bond motifs is 2. The van der Waals surface area contributed by atoms with E-state index >= 15 is 0 Å². The first-order valence-electron chi connectivity index (χ1n) is 9.85. The lowest BCUT2D eigenvalue weighted by Gasteiger charge is -2.30. The molecule has 5 rings (SSSR count). The van der Waals surface area contributed by atoms with E-state index in [4.69, 9.17) is 4.42 Å². The first-order valence-corrected chi connectivity index (χ1v) is 9.85. The Kier molecular flexibility index (Phi) is 4.54. The minimum Gasteiger partial charge on any atom is -0.451 e. The second-order valence-corrected chi connectivity index (χ2v) is 7.57. The number of nitrogens with zero attached hydrogens (tertiary/aromatic N) is 3. The molecule has 0 radical (unpaired) electrons. The molecular weight excluding hydrogens is 399 g/mol. The molecule has 8 heteroatoms. The zero-order chi connectivity index (χ0) is 21.5. The molecule has 2 aromatic heterocycles. The molecule has 4 aromatic rings. The molecule has 2 aromatic carbocycles. The van der Waals surface area contributed by atoms with Crippen LogP contribution in [0.4, 0.5) is 10.1 Å². The number of aromatic nitrogens is 2. The van der Waals surface area contributed by atoms with Gasteiger partial charge in [-0.15, -0.1) is 0 Å². The van der Waals surface area contributed by atoms with Crippen molar-refractivity contribution in [2.75, 3.05) is 11.9 Å². The van der Waals surface area contributed by atoms with E-state index in [1.807, 2.05) is 18.2 Å². The Morgan fingerprint density at radius 1 is 1.16 bits per heavy atom. The molecule has 1 atom stereocenters. The lowest BCUT2D eigenvalue weighted by atomic mass is 9.95. The maximum absolute atomic E-state index is 14.0. The fraction of sp³-hybridized carbons (Fsp3) is 0.174. The summed E-state index contributed by atoms with van der Waals surface area (Å²) in [7, 11) is 1.76. The van der Waals surface area contributed by atoms with Crippen LogP contribution < -0.4 is 5.32 Å². The van der Waals surface area contributed by atoms with E-state index in [0.29, 0.717) is 17.8 Å². The van der Waals surface area contributed by atoms with Crippen LogP contribution in [0.3, 0.4) is 0 Å². The number of hydrogen-bond donors (Lipinski definition) is 1. The molecule has 1 aliphatic heterocycles. The number of nitrogens with one attached hydrogen (secondary N) is 1. The highest BCUT2D eigenvalue weighted by molar-refractivity contribution is 5.99. The third-order valence-electron chi connectivity index (χ3n) is 5.40. The molecule has 31 heavy (non-hydrogen) atoms. The monoisotopic (exact) mass is 418 g/mol. The second kappa shape index (κ2) is 7.39. The summed E-state index contributed by atoms with van der Waals surface area (Å²) in [6.45, 7) is 0.419. The number of aryl methyl sites for hydroxylation is 1. The van der Waals surface area contributed by atoms with Gasteiger partial charge in [0.25, 0.3) is 5.91 Å². The Morgan fingerprint density at radius 2 is 1.94 bits per heavy atom. The summed E-state index contributed by atoms with van der Waals surface area (Å²) in [6, 6.07) is 15.0. The highest BCUT2D eigenvalue weighted by Gasteiger charge is 2.36. The normalized spacial score (nSPS) is 15.7. The summed E-state index contributed by atoms with van der Waals surface area (Å²) in [4.78, 5) is 27.8. The average molecular weight is 418 g/mol. The molecule has 3 heterocycles. The van der Waals surface area contributed by atoms with E-state index in [9.17, 15) is 14.0 Å². The Morgan fingerprint density at radius 3 is 2.74 bits per heavy atom.